The molecule has 0 aliphatic heterocycles. The molecule has 0 saturated heterocycles. The van der Waals surface area contributed by atoms with E-state index in [4.69, 9.17) is 0 Å². The first-order valence-corrected chi connectivity index (χ1v) is 8.19. The van der Waals surface area contributed by atoms with E-state index in [1.54, 1.807) is 12.1 Å². The fourth-order valence-corrected chi connectivity index (χ4v) is 2.58. The van der Waals surface area contributed by atoms with Crippen LogP contribution in [-0.4, -0.2) is 16.4 Å². The maximum atomic E-state index is 13.7. The third-order valence-electron chi connectivity index (χ3n) is 3.06. The first kappa shape index (κ1) is 16.3. The zero-order valence-electron chi connectivity index (χ0n) is 11.9. The lowest BCUT2D eigenvalue weighted by molar-refractivity contribution is -0.116. The number of hydrogen-bond acceptors (Lipinski definition) is 2. The topological polar surface area (TPSA) is 46.2 Å². The monoisotopic (exact) mass is 323 g/mol. The van der Waals surface area contributed by atoms with Crippen LogP contribution >= 0.6 is 0 Å². The van der Waals surface area contributed by atoms with Crippen molar-refractivity contribution >= 4 is 22.4 Å². The number of halogens is 2. The van der Waals surface area contributed by atoms with Crippen LogP contribution in [0.5, 0.6) is 0 Å². The van der Waals surface area contributed by atoms with Gasteiger partial charge in [-0.2, -0.15) is 0 Å². The highest BCUT2D eigenvalue weighted by Gasteiger charge is 2.09. The minimum atomic E-state index is -1.42. The highest BCUT2D eigenvalue weighted by Crippen LogP contribution is 2.17. The Labute approximate surface area is 129 Å². The van der Waals surface area contributed by atoms with Crippen molar-refractivity contribution in [2.24, 2.45) is 0 Å². The summed E-state index contributed by atoms with van der Waals surface area (Å²) in [6.45, 7) is 0. The molecule has 1 N–H and O–H groups in total. The van der Waals surface area contributed by atoms with E-state index in [9.17, 15) is 17.8 Å². The molecule has 0 bridgehead atoms. The molecule has 116 valence electrons. The van der Waals surface area contributed by atoms with Gasteiger partial charge >= 0.3 is 0 Å². The number of nitrogens with one attached hydrogen (secondary N) is 1. The van der Waals surface area contributed by atoms with Crippen LogP contribution in [0.15, 0.2) is 47.4 Å². The lowest BCUT2D eigenvalue weighted by Crippen LogP contribution is -2.12. The Kier molecular flexibility index (Phi) is 5.38. The van der Waals surface area contributed by atoms with Crippen LogP contribution < -0.4 is 5.32 Å². The highest BCUT2D eigenvalue weighted by molar-refractivity contribution is 7.84. The van der Waals surface area contributed by atoms with E-state index in [0.717, 1.165) is 11.6 Å². The Hall–Kier alpha value is -2.08. The summed E-state index contributed by atoms with van der Waals surface area (Å²) in [6, 6.07) is 10.1. The number of hydrogen-bond donors (Lipinski definition) is 1. The first-order chi connectivity index (χ1) is 10.5. The zero-order chi connectivity index (χ0) is 16.1. The average molecular weight is 323 g/mol. The molecule has 3 nitrogen and oxygen atoms in total. The Morgan fingerprint density at radius 3 is 2.59 bits per heavy atom. The van der Waals surface area contributed by atoms with E-state index in [1.165, 1.54) is 30.5 Å². The van der Waals surface area contributed by atoms with Crippen molar-refractivity contribution in [1.82, 2.24) is 0 Å². The smallest absolute Gasteiger partial charge is 0.224 e. The molecule has 0 aliphatic carbocycles. The molecule has 0 aromatic heterocycles. The summed E-state index contributed by atoms with van der Waals surface area (Å²) in [5, 5.41) is 2.56. The summed E-state index contributed by atoms with van der Waals surface area (Å²) in [6.07, 6.45) is 1.94. The maximum Gasteiger partial charge on any atom is 0.224 e. The highest BCUT2D eigenvalue weighted by atomic mass is 32.2. The molecule has 0 heterocycles. The van der Waals surface area contributed by atoms with Gasteiger partial charge in [0.15, 0.2) is 0 Å². The van der Waals surface area contributed by atoms with Gasteiger partial charge < -0.3 is 5.32 Å². The first-order valence-electron chi connectivity index (χ1n) is 6.63. The van der Waals surface area contributed by atoms with Crippen LogP contribution in [-0.2, 0) is 22.0 Å². The van der Waals surface area contributed by atoms with Crippen molar-refractivity contribution in [3.63, 3.8) is 0 Å². The quantitative estimate of drug-likeness (QED) is 0.918. The van der Waals surface area contributed by atoms with Crippen LogP contribution in [0.1, 0.15) is 12.0 Å². The minimum absolute atomic E-state index is 0.0951. The lowest BCUT2D eigenvalue weighted by Gasteiger charge is -2.07. The van der Waals surface area contributed by atoms with Gasteiger partial charge in [-0.25, -0.2) is 8.78 Å². The molecule has 0 spiro atoms. The van der Waals surface area contributed by atoms with E-state index < -0.39 is 16.6 Å². The molecule has 2 aromatic carbocycles. The van der Waals surface area contributed by atoms with Gasteiger partial charge in [-0.1, -0.05) is 12.1 Å². The fourth-order valence-electron chi connectivity index (χ4n) is 1.99. The van der Waals surface area contributed by atoms with Gasteiger partial charge in [0.25, 0.3) is 0 Å². The summed E-state index contributed by atoms with van der Waals surface area (Å²) in [4.78, 5) is 11.9. The van der Waals surface area contributed by atoms with Crippen LogP contribution in [0.2, 0.25) is 0 Å². The lowest BCUT2D eigenvalue weighted by atomic mass is 10.1. The summed E-state index contributed by atoms with van der Waals surface area (Å²) in [5.41, 5.74) is 1.02. The van der Waals surface area contributed by atoms with E-state index in [0.29, 0.717) is 12.1 Å². The van der Waals surface area contributed by atoms with Crippen molar-refractivity contribution in [1.29, 1.82) is 0 Å². The van der Waals surface area contributed by atoms with Crippen LogP contribution in [0.3, 0.4) is 0 Å². The zero-order valence-corrected chi connectivity index (χ0v) is 12.8. The molecule has 22 heavy (non-hydrogen) atoms. The summed E-state index contributed by atoms with van der Waals surface area (Å²) in [7, 11) is -1.42. The summed E-state index contributed by atoms with van der Waals surface area (Å²) < 4.78 is 37.9. The SMILES string of the molecule is C[S@](=O)c1ccc(NC(=O)CCc2cccc(F)c2)cc1F. The van der Waals surface area contributed by atoms with Gasteiger partial charge in [-0.15, -0.1) is 0 Å². The molecule has 1 amide bonds. The predicted octanol–water partition coefficient (Wildman–Crippen LogP) is 3.27. The molecule has 0 radical (unpaired) electrons. The second kappa shape index (κ2) is 7.26. The van der Waals surface area contributed by atoms with Crippen LogP contribution in [0, 0.1) is 11.6 Å². The number of carbonyl (C=O) groups is 1. The van der Waals surface area contributed by atoms with E-state index >= 15 is 0 Å². The molecular formula is C16H15F2NO2S. The molecule has 0 fully saturated rings. The Morgan fingerprint density at radius 2 is 1.95 bits per heavy atom. The Bertz CT molecular complexity index is 719. The van der Waals surface area contributed by atoms with Crippen LogP contribution in [0.25, 0.3) is 0 Å². The minimum Gasteiger partial charge on any atom is -0.326 e. The number of aryl methyl sites for hydroxylation is 1. The normalized spacial score (nSPS) is 12.0. The molecule has 6 heteroatoms. The fraction of sp³-hybridized carbons (Fsp3) is 0.188. The van der Waals surface area contributed by atoms with Gasteiger partial charge in [0.05, 0.1) is 15.7 Å². The van der Waals surface area contributed by atoms with Gasteiger partial charge in [-0.3, -0.25) is 9.00 Å². The molecule has 2 aromatic rings. The van der Waals surface area contributed by atoms with Crippen molar-refractivity contribution < 1.29 is 17.8 Å². The second-order valence-electron chi connectivity index (χ2n) is 4.78. The van der Waals surface area contributed by atoms with Gasteiger partial charge in [0.2, 0.25) is 5.91 Å². The summed E-state index contributed by atoms with van der Waals surface area (Å²) in [5.74, 6) is -1.26. The number of benzene rings is 2. The number of carbonyl (C=O) groups excluding carboxylic acids is 1. The predicted molar refractivity (Wildman–Crippen MR) is 82.1 cm³/mol. The van der Waals surface area contributed by atoms with Crippen molar-refractivity contribution in [3.8, 4) is 0 Å². The largest absolute Gasteiger partial charge is 0.326 e. The molecule has 0 aliphatic rings. The molecule has 0 saturated carbocycles. The van der Waals surface area contributed by atoms with Crippen molar-refractivity contribution in [2.45, 2.75) is 17.7 Å². The van der Waals surface area contributed by atoms with Gasteiger partial charge in [-0.05, 0) is 42.3 Å². The second-order valence-corrected chi connectivity index (χ2v) is 6.13. The third kappa shape index (κ3) is 4.46. The Balaban J connectivity index is 1.95. The van der Waals surface area contributed by atoms with Crippen molar-refractivity contribution in [3.05, 3.63) is 59.7 Å². The van der Waals surface area contributed by atoms with Crippen LogP contribution in [0.4, 0.5) is 14.5 Å². The maximum absolute atomic E-state index is 13.7. The molecule has 0 unspecified atom stereocenters. The number of anilines is 1. The third-order valence-corrected chi connectivity index (χ3v) is 4.01. The number of rotatable bonds is 5. The summed E-state index contributed by atoms with van der Waals surface area (Å²) >= 11 is 0. The molecular weight excluding hydrogens is 308 g/mol. The molecule has 2 rings (SSSR count). The number of amides is 1. The average Bonchev–Trinajstić information content (AvgIpc) is 2.45. The van der Waals surface area contributed by atoms with Crippen molar-refractivity contribution in [2.75, 3.05) is 11.6 Å². The Morgan fingerprint density at radius 1 is 1.18 bits per heavy atom. The van der Waals surface area contributed by atoms with E-state index in [1.807, 2.05) is 0 Å². The van der Waals surface area contributed by atoms with E-state index in [-0.39, 0.29) is 23.0 Å². The standard InChI is InChI=1S/C16H15F2NO2S/c1-22(21)15-7-6-13(10-14(15)18)19-16(20)8-5-11-3-2-4-12(17)9-11/h2-4,6-7,9-10H,5,8H2,1H3,(H,19,20)/t22-/m0/s1. The van der Waals surface area contributed by atoms with Gasteiger partial charge in [0.1, 0.15) is 11.6 Å². The van der Waals surface area contributed by atoms with Gasteiger partial charge in [0, 0.05) is 18.4 Å². The molecule has 1 atom stereocenters. The van der Waals surface area contributed by atoms with E-state index in [2.05, 4.69) is 5.32 Å².